The molecule has 0 aromatic heterocycles. The highest BCUT2D eigenvalue weighted by atomic mass is 16.4. The van der Waals surface area contributed by atoms with Gasteiger partial charge in [0, 0.05) is 32.2 Å². The van der Waals surface area contributed by atoms with Gasteiger partial charge in [0.2, 0.25) is 0 Å². The number of nitrogens with two attached hydrogens (primary N) is 1. The molecule has 4 atom stereocenters. The quantitative estimate of drug-likeness (QED) is 0.357. The van der Waals surface area contributed by atoms with Gasteiger partial charge in [0.15, 0.2) is 5.84 Å². The molecule has 0 aromatic carbocycles. The van der Waals surface area contributed by atoms with Gasteiger partial charge in [0.25, 0.3) is 0 Å². The molecule has 0 amide bonds. The van der Waals surface area contributed by atoms with Crippen LogP contribution in [0.15, 0.2) is 5.16 Å². The molecule has 0 bridgehead atoms. The molecule has 2 fully saturated rings. The molecule has 1 heterocycles. The smallest absolute Gasteiger partial charge is 0.156 e. The average Bonchev–Trinajstić information content (AvgIpc) is 2.48. The lowest BCUT2D eigenvalue weighted by Crippen LogP contribution is -2.56. The Kier molecular flexibility index (Phi) is 5.27. The highest BCUT2D eigenvalue weighted by molar-refractivity contribution is 5.84. The Morgan fingerprint density at radius 1 is 1.15 bits per heavy atom. The Morgan fingerprint density at radius 3 is 2.35 bits per heavy atom. The van der Waals surface area contributed by atoms with Gasteiger partial charge in [0.1, 0.15) is 0 Å². The number of rotatable bonds is 3. The molecule has 116 valence electrons. The number of hydrogen-bond acceptors (Lipinski definition) is 4. The SMILES string of the molecule is CC1CCC(N2CCN(C(C)C(N)=NO)CC2)CC1C. The van der Waals surface area contributed by atoms with Gasteiger partial charge in [-0.2, -0.15) is 0 Å². The van der Waals surface area contributed by atoms with Crippen molar-refractivity contribution in [3.8, 4) is 0 Å². The largest absolute Gasteiger partial charge is 0.409 e. The maximum absolute atomic E-state index is 8.77. The van der Waals surface area contributed by atoms with E-state index in [1.54, 1.807) is 0 Å². The molecule has 1 aliphatic heterocycles. The van der Waals surface area contributed by atoms with E-state index >= 15 is 0 Å². The minimum atomic E-state index is 0.0347. The van der Waals surface area contributed by atoms with Crippen LogP contribution in [-0.2, 0) is 0 Å². The van der Waals surface area contributed by atoms with Gasteiger partial charge in [-0.1, -0.05) is 19.0 Å². The lowest BCUT2D eigenvalue weighted by atomic mass is 9.78. The number of piperazine rings is 1. The summed E-state index contributed by atoms with van der Waals surface area (Å²) in [7, 11) is 0. The standard InChI is InChI=1S/C15H30N4O/c1-11-4-5-14(10-12(11)2)19-8-6-18(7-9-19)13(3)15(16)17-20/h11-14,20H,4-10H2,1-3H3,(H2,16,17). The molecule has 2 rings (SSSR count). The molecule has 2 aliphatic rings. The average molecular weight is 282 g/mol. The monoisotopic (exact) mass is 282 g/mol. The van der Waals surface area contributed by atoms with Crippen LogP contribution in [0, 0.1) is 11.8 Å². The van der Waals surface area contributed by atoms with E-state index in [-0.39, 0.29) is 6.04 Å². The molecule has 5 nitrogen and oxygen atoms in total. The van der Waals surface area contributed by atoms with Crippen LogP contribution in [0.1, 0.15) is 40.0 Å². The number of amidine groups is 1. The topological polar surface area (TPSA) is 65.1 Å². The van der Waals surface area contributed by atoms with Crippen molar-refractivity contribution >= 4 is 5.84 Å². The first-order valence-electron chi connectivity index (χ1n) is 7.98. The van der Waals surface area contributed by atoms with Crippen molar-refractivity contribution < 1.29 is 5.21 Å². The second-order valence-electron chi connectivity index (χ2n) is 6.69. The van der Waals surface area contributed by atoms with E-state index in [0.717, 1.165) is 44.1 Å². The lowest BCUT2D eigenvalue weighted by molar-refractivity contribution is 0.0520. The van der Waals surface area contributed by atoms with E-state index in [4.69, 9.17) is 10.9 Å². The fraction of sp³-hybridized carbons (Fsp3) is 0.933. The van der Waals surface area contributed by atoms with E-state index in [9.17, 15) is 0 Å². The van der Waals surface area contributed by atoms with Crippen molar-refractivity contribution in [3.63, 3.8) is 0 Å². The van der Waals surface area contributed by atoms with E-state index < -0.39 is 0 Å². The fourth-order valence-corrected chi connectivity index (χ4v) is 3.61. The van der Waals surface area contributed by atoms with Crippen molar-refractivity contribution in [2.75, 3.05) is 26.2 Å². The van der Waals surface area contributed by atoms with Gasteiger partial charge in [-0.15, -0.1) is 0 Å². The van der Waals surface area contributed by atoms with Gasteiger partial charge in [-0.25, -0.2) is 0 Å². The Morgan fingerprint density at radius 2 is 1.80 bits per heavy atom. The summed E-state index contributed by atoms with van der Waals surface area (Å²) in [6.45, 7) is 11.0. The third-order valence-corrected chi connectivity index (χ3v) is 5.53. The zero-order valence-electron chi connectivity index (χ0n) is 13.1. The highest BCUT2D eigenvalue weighted by Gasteiger charge is 2.31. The number of hydrogen-bond donors (Lipinski definition) is 2. The van der Waals surface area contributed by atoms with E-state index in [0.29, 0.717) is 5.84 Å². The van der Waals surface area contributed by atoms with Gasteiger partial charge in [-0.3, -0.25) is 9.80 Å². The van der Waals surface area contributed by atoms with Gasteiger partial charge >= 0.3 is 0 Å². The van der Waals surface area contributed by atoms with Crippen LogP contribution in [0.2, 0.25) is 0 Å². The molecular formula is C15H30N4O. The molecule has 3 N–H and O–H groups in total. The summed E-state index contributed by atoms with van der Waals surface area (Å²) in [5.74, 6) is 2.05. The van der Waals surface area contributed by atoms with Crippen molar-refractivity contribution in [2.45, 2.75) is 52.1 Å². The number of nitrogens with zero attached hydrogens (tertiary/aromatic N) is 3. The second kappa shape index (κ2) is 6.76. The predicted molar refractivity (Wildman–Crippen MR) is 82.0 cm³/mol. The summed E-state index contributed by atoms with van der Waals surface area (Å²) in [4.78, 5) is 4.96. The molecule has 4 unspecified atom stereocenters. The van der Waals surface area contributed by atoms with E-state index in [1.807, 2.05) is 6.92 Å². The van der Waals surface area contributed by atoms with Crippen LogP contribution in [0.25, 0.3) is 0 Å². The first kappa shape index (κ1) is 15.6. The van der Waals surface area contributed by atoms with Gasteiger partial charge in [-0.05, 0) is 38.0 Å². The minimum absolute atomic E-state index is 0.0347. The Labute approximate surface area is 122 Å². The summed E-state index contributed by atoms with van der Waals surface area (Å²) in [5, 5.41) is 11.9. The Hall–Kier alpha value is -0.810. The summed E-state index contributed by atoms with van der Waals surface area (Å²) in [6.07, 6.45) is 4.06. The molecule has 20 heavy (non-hydrogen) atoms. The van der Waals surface area contributed by atoms with Crippen molar-refractivity contribution in [2.24, 2.45) is 22.7 Å². The van der Waals surface area contributed by atoms with Crippen LogP contribution in [0.4, 0.5) is 0 Å². The molecule has 1 saturated carbocycles. The van der Waals surface area contributed by atoms with Crippen LogP contribution in [-0.4, -0.2) is 59.1 Å². The zero-order valence-corrected chi connectivity index (χ0v) is 13.1. The predicted octanol–water partition coefficient (Wildman–Crippen LogP) is 1.56. The fourth-order valence-electron chi connectivity index (χ4n) is 3.61. The van der Waals surface area contributed by atoms with E-state index in [1.165, 1.54) is 19.3 Å². The molecule has 0 spiro atoms. The van der Waals surface area contributed by atoms with Crippen molar-refractivity contribution in [1.82, 2.24) is 9.80 Å². The highest BCUT2D eigenvalue weighted by Crippen LogP contribution is 2.32. The molecule has 5 heteroatoms. The van der Waals surface area contributed by atoms with Gasteiger partial charge < -0.3 is 10.9 Å². The summed E-state index contributed by atoms with van der Waals surface area (Å²) < 4.78 is 0. The minimum Gasteiger partial charge on any atom is -0.409 e. The van der Waals surface area contributed by atoms with Crippen LogP contribution >= 0.6 is 0 Å². The van der Waals surface area contributed by atoms with Crippen molar-refractivity contribution in [1.29, 1.82) is 0 Å². The first-order valence-corrected chi connectivity index (χ1v) is 7.98. The molecule has 0 aromatic rings. The summed E-state index contributed by atoms with van der Waals surface area (Å²) >= 11 is 0. The third-order valence-electron chi connectivity index (χ3n) is 5.53. The Balaban J connectivity index is 1.82. The zero-order chi connectivity index (χ0) is 14.7. The molecule has 1 aliphatic carbocycles. The number of oxime groups is 1. The summed E-state index contributed by atoms with van der Waals surface area (Å²) in [6, 6.07) is 0.801. The van der Waals surface area contributed by atoms with E-state index in [2.05, 4.69) is 28.8 Å². The molecular weight excluding hydrogens is 252 g/mol. The summed E-state index contributed by atoms with van der Waals surface area (Å²) in [5.41, 5.74) is 5.70. The normalized spacial score (nSPS) is 36.0. The molecule has 0 radical (unpaired) electrons. The lowest BCUT2D eigenvalue weighted by Gasteiger charge is -2.44. The maximum Gasteiger partial charge on any atom is 0.156 e. The Bertz CT molecular complexity index is 339. The first-order chi connectivity index (χ1) is 9.52. The van der Waals surface area contributed by atoms with Crippen LogP contribution < -0.4 is 5.73 Å². The maximum atomic E-state index is 8.77. The second-order valence-corrected chi connectivity index (χ2v) is 6.69. The van der Waals surface area contributed by atoms with Crippen LogP contribution in [0.5, 0.6) is 0 Å². The van der Waals surface area contributed by atoms with Gasteiger partial charge in [0.05, 0.1) is 6.04 Å². The molecule has 1 saturated heterocycles. The third kappa shape index (κ3) is 3.44. The van der Waals surface area contributed by atoms with Crippen LogP contribution in [0.3, 0.4) is 0 Å². The van der Waals surface area contributed by atoms with Crippen molar-refractivity contribution in [3.05, 3.63) is 0 Å².